The minimum absolute atomic E-state index is 0.133. The summed E-state index contributed by atoms with van der Waals surface area (Å²) < 4.78 is 5.79. The quantitative estimate of drug-likeness (QED) is 0.302. The van der Waals surface area contributed by atoms with Crippen LogP contribution in [0.5, 0.6) is 11.5 Å². The molecule has 26 heavy (non-hydrogen) atoms. The van der Waals surface area contributed by atoms with E-state index in [1.165, 1.54) is 12.3 Å². The summed E-state index contributed by atoms with van der Waals surface area (Å²) in [6.45, 7) is 2.17. The topological polar surface area (TPSA) is 102 Å². The average Bonchev–Trinajstić information content (AvgIpc) is 2.98. The molecular formula is C17H15ClN4O3S. The number of rotatable bonds is 5. The van der Waals surface area contributed by atoms with E-state index in [9.17, 15) is 9.90 Å². The van der Waals surface area contributed by atoms with Crippen LogP contribution in [0.1, 0.15) is 22.8 Å². The summed E-state index contributed by atoms with van der Waals surface area (Å²) >= 11 is 11.0. The second-order valence-electron chi connectivity index (χ2n) is 5.32. The predicted octanol–water partition coefficient (Wildman–Crippen LogP) is 3.75. The van der Waals surface area contributed by atoms with Crippen molar-refractivity contribution in [2.75, 3.05) is 6.61 Å². The number of phenols is 1. The Balaban J connectivity index is 1.74. The molecule has 0 aliphatic heterocycles. The normalized spacial score (nSPS) is 11.2. The number of benzene rings is 2. The van der Waals surface area contributed by atoms with E-state index >= 15 is 0 Å². The monoisotopic (exact) mass is 390 g/mol. The van der Waals surface area contributed by atoms with Crippen LogP contribution in [-0.4, -0.2) is 33.8 Å². The van der Waals surface area contributed by atoms with Gasteiger partial charge in [0, 0.05) is 5.56 Å². The highest BCUT2D eigenvalue weighted by Crippen LogP contribution is 2.34. The fourth-order valence-corrected chi connectivity index (χ4v) is 2.78. The van der Waals surface area contributed by atoms with Crippen molar-refractivity contribution in [2.45, 2.75) is 6.92 Å². The summed E-state index contributed by atoms with van der Waals surface area (Å²) in [5, 5.41) is 13.9. The van der Waals surface area contributed by atoms with Crippen LogP contribution < -0.4 is 10.2 Å². The van der Waals surface area contributed by atoms with Gasteiger partial charge in [-0.15, -0.1) is 0 Å². The molecular weight excluding hydrogens is 376 g/mol. The Morgan fingerprint density at radius 2 is 2.12 bits per heavy atom. The van der Waals surface area contributed by atoms with E-state index in [0.29, 0.717) is 22.5 Å². The Bertz CT molecular complexity index is 1060. The summed E-state index contributed by atoms with van der Waals surface area (Å²) in [5.41, 5.74) is 4.99. The molecule has 0 saturated carbocycles. The molecule has 0 unspecified atom stereocenters. The van der Waals surface area contributed by atoms with Gasteiger partial charge >= 0.3 is 0 Å². The number of hydrazone groups is 1. The number of imidazole rings is 1. The lowest BCUT2D eigenvalue weighted by Crippen LogP contribution is -2.17. The molecule has 134 valence electrons. The van der Waals surface area contributed by atoms with E-state index in [1.807, 2.05) is 0 Å². The number of amides is 1. The number of aromatic nitrogens is 2. The highest BCUT2D eigenvalue weighted by Gasteiger charge is 2.09. The number of hydrogen-bond acceptors (Lipinski definition) is 5. The number of nitrogens with zero attached hydrogens (tertiary/aromatic N) is 1. The second kappa shape index (κ2) is 7.59. The molecule has 0 aliphatic rings. The number of H-pyrrole nitrogens is 2. The summed E-state index contributed by atoms with van der Waals surface area (Å²) in [4.78, 5) is 18.1. The van der Waals surface area contributed by atoms with Crippen LogP contribution in [0.4, 0.5) is 0 Å². The van der Waals surface area contributed by atoms with Gasteiger partial charge < -0.3 is 19.8 Å². The molecule has 1 heterocycles. The maximum Gasteiger partial charge on any atom is 0.271 e. The minimum atomic E-state index is -0.376. The SMILES string of the molecule is CCOc1cc(/C=N\NC(=O)c2ccc3[nH]c(=S)[nH]c3c2)cc(Cl)c1O. The van der Waals surface area contributed by atoms with E-state index in [0.717, 1.165) is 11.0 Å². The van der Waals surface area contributed by atoms with Crippen molar-refractivity contribution in [3.05, 3.63) is 51.3 Å². The molecule has 0 bridgehead atoms. The maximum absolute atomic E-state index is 12.2. The smallest absolute Gasteiger partial charge is 0.271 e. The Kier molecular flexibility index (Phi) is 5.24. The second-order valence-corrected chi connectivity index (χ2v) is 6.14. The van der Waals surface area contributed by atoms with Gasteiger partial charge in [0.15, 0.2) is 16.3 Å². The average molecular weight is 391 g/mol. The first kappa shape index (κ1) is 18.0. The number of carbonyl (C=O) groups excluding carboxylic acids is 1. The number of carbonyl (C=O) groups is 1. The van der Waals surface area contributed by atoms with Gasteiger partial charge in [0.25, 0.3) is 5.91 Å². The van der Waals surface area contributed by atoms with Gasteiger partial charge in [0.2, 0.25) is 0 Å². The predicted molar refractivity (Wildman–Crippen MR) is 103 cm³/mol. The third kappa shape index (κ3) is 3.87. The summed E-state index contributed by atoms with van der Waals surface area (Å²) in [7, 11) is 0. The fraction of sp³-hybridized carbons (Fsp3) is 0.118. The molecule has 3 rings (SSSR count). The first-order valence-electron chi connectivity index (χ1n) is 7.68. The number of ether oxygens (including phenoxy) is 1. The Hall–Kier alpha value is -2.84. The molecule has 1 amide bonds. The van der Waals surface area contributed by atoms with Crippen LogP contribution in [0.15, 0.2) is 35.4 Å². The third-order valence-electron chi connectivity index (χ3n) is 3.51. The Morgan fingerprint density at radius 1 is 1.35 bits per heavy atom. The van der Waals surface area contributed by atoms with Crippen molar-refractivity contribution in [3.63, 3.8) is 0 Å². The first-order chi connectivity index (χ1) is 12.5. The van der Waals surface area contributed by atoms with E-state index in [1.54, 1.807) is 31.2 Å². The number of halogens is 1. The van der Waals surface area contributed by atoms with Crippen molar-refractivity contribution in [3.8, 4) is 11.5 Å². The van der Waals surface area contributed by atoms with Crippen molar-refractivity contribution >= 4 is 47.0 Å². The zero-order valence-electron chi connectivity index (χ0n) is 13.7. The van der Waals surface area contributed by atoms with Crippen LogP contribution in [0.2, 0.25) is 5.02 Å². The summed E-state index contributed by atoms with van der Waals surface area (Å²) in [5.74, 6) is -0.258. The van der Waals surface area contributed by atoms with Crippen LogP contribution in [-0.2, 0) is 0 Å². The van der Waals surface area contributed by atoms with Gasteiger partial charge in [0.05, 0.1) is 28.9 Å². The number of hydrogen-bond donors (Lipinski definition) is 4. The van der Waals surface area contributed by atoms with Crippen LogP contribution in [0, 0.1) is 4.77 Å². The molecule has 9 heteroatoms. The van der Waals surface area contributed by atoms with Crippen molar-refractivity contribution in [1.29, 1.82) is 0 Å². The molecule has 3 aromatic rings. The van der Waals surface area contributed by atoms with Crippen LogP contribution in [0.3, 0.4) is 0 Å². The molecule has 0 atom stereocenters. The molecule has 4 N–H and O–H groups in total. The molecule has 1 aromatic heterocycles. The minimum Gasteiger partial charge on any atom is -0.503 e. The molecule has 2 aromatic carbocycles. The molecule has 0 aliphatic carbocycles. The van der Waals surface area contributed by atoms with Gasteiger partial charge in [-0.25, -0.2) is 5.43 Å². The molecule has 0 saturated heterocycles. The van der Waals surface area contributed by atoms with E-state index in [4.69, 9.17) is 28.6 Å². The Labute approximate surface area is 158 Å². The van der Waals surface area contributed by atoms with Gasteiger partial charge in [-0.05, 0) is 55.0 Å². The molecule has 7 nitrogen and oxygen atoms in total. The van der Waals surface area contributed by atoms with E-state index < -0.39 is 0 Å². The fourth-order valence-electron chi connectivity index (χ4n) is 2.34. The molecule has 0 spiro atoms. The standard InChI is InChI=1S/C17H15ClN4O3S/c1-2-25-14-6-9(5-11(18)15(14)23)8-19-22-16(24)10-3-4-12-13(7-10)21-17(26)20-12/h3-8,23H,2H2,1H3,(H,22,24)(H2,20,21,26)/b19-8-. The van der Waals surface area contributed by atoms with Gasteiger partial charge in [-0.3, -0.25) is 4.79 Å². The molecule has 0 fully saturated rings. The number of fused-ring (bicyclic) bond motifs is 1. The number of aromatic hydroxyl groups is 1. The Morgan fingerprint density at radius 3 is 2.88 bits per heavy atom. The lowest BCUT2D eigenvalue weighted by atomic mass is 10.2. The van der Waals surface area contributed by atoms with Crippen molar-refractivity contribution < 1.29 is 14.6 Å². The largest absolute Gasteiger partial charge is 0.503 e. The van der Waals surface area contributed by atoms with Crippen molar-refractivity contribution in [1.82, 2.24) is 15.4 Å². The maximum atomic E-state index is 12.2. The van der Waals surface area contributed by atoms with Crippen LogP contribution >= 0.6 is 23.8 Å². The third-order valence-corrected chi connectivity index (χ3v) is 4.00. The number of phenolic OH excluding ortho intramolecular Hbond substituents is 1. The van der Waals surface area contributed by atoms with Gasteiger partial charge in [-0.1, -0.05) is 11.6 Å². The molecule has 0 radical (unpaired) electrons. The zero-order valence-corrected chi connectivity index (χ0v) is 15.2. The van der Waals surface area contributed by atoms with Gasteiger partial charge in [-0.2, -0.15) is 5.10 Å². The summed E-state index contributed by atoms with van der Waals surface area (Å²) in [6, 6.07) is 8.19. The number of nitrogens with one attached hydrogen (secondary N) is 3. The zero-order chi connectivity index (χ0) is 18.7. The van der Waals surface area contributed by atoms with Crippen LogP contribution in [0.25, 0.3) is 11.0 Å². The highest BCUT2D eigenvalue weighted by atomic mass is 35.5. The lowest BCUT2D eigenvalue weighted by Gasteiger charge is -2.08. The first-order valence-corrected chi connectivity index (χ1v) is 8.47. The van der Waals surface area contributed by atoms with E-state index in [2.05, 4.69) is 20.5 Å². The number of aromatic amines is 2. The highest BCUT2D eigenvalue weighted by molar-refractivity contribution is 7.71. The van der Waals surface area contributed by atoms with Crippen molar-refractivity contribution in [2.24, 2.45) is 5.10 Å². The van der Waals surface area contributed by atoms with E-state index in [-0.39, 0.29) is 22.4 Å². The van der Waals surface area contributed by atoms with Gasteiger partial charge in [0.1, 0.15) is 0 Å². The lowest BCUT2D eigenvalue weighted by molar-refractivity contribution is 0.0955. The summed E-state index contributed by atoms with van der Waals surface area (Å²) in [6.07, 6.45) is 1.41.